The van der Waals surface area contributed by atoms with Gasteiger partial charge < -0.3 is 4.74 Å². The van der Waals surface area contributed by atoms with Crippen LogP contribution in [0.3, 0.4) is 0 Å². The molecule has 0 aromatic heterocycles. The smallest absolute Gasteiger partial charge is 0.450 e. The number of alkyl halides is 3. The summed E-state index contributed by atoms with van der Waals surface area (Å²) in [5.74, 6) is -1.87. The fourth-order valence-corrected chi connectivity index (χ4v) is 1.20. The first-order chi connectivity index (χ1) is 7.47. The van der Waals surface area contributed by atoms with Crippen LogP contribution in [0.25, 0.3) is 0 Å². The van der Waals surface area contributed by atoms with Gasteiger partial charge in [-0.2, -0.15) is 13.2 Å². The maximum atomic E-state index is 12.8. The molecule has 0 aliphatic carbocycles. The lowest BCUT2D eigenvalue weighted by Gasteiger charge is -2.10. The van der Waals surface area contributed by atoms with Gasteiger partial charge in [0.15, 0.2) is 6.73 Å². The van der Waals surface area contributed by atoms with Gasteiger partial charge in [-0.05, 0) is 18.2 Å². The van der Waals surface area contributed by atoms with Crippen LogP contribution in [-0.4, -0.2) is 18.8 Å². The minimum absolute atomic E-state index is 0.208. The second-order valence-corrected chi connectivity index (χ2v) is 3.06. The average Bonchev–Trinajstić information content (AvgIpc) is 2.65. The molecule has 0 atom stereocenters. The molecule has 1 aromatic rings. The molecule has 0 saturated heterocycles. The normalized spacial score (nSPS) is 16.0. The molecule has 2 rings (SSSR count). The lowest BCUT2D eigenvalue weighted by atomic mass is 10.3. The number of hydrazone groups is 1. The molecular weight excluding hydrogens is 228 g/mol. The molecular formula is C9H6F4N2O. The van der Waals surface area contributed by atoms with E-state index in [1.165, 1.54) is 18.2 Å². The highest BCUT2D eigenvalue weighted by Gasteiger charge is 2.42. The van der Waals surface area contributed by atoms with Gasteiger partial charge in [0.2, 0.25) is 0 Å². The quantitative estimate of drug-likeness (QED) is 0.697. The van der Waals surface area contributed by atoms with E-state index in [-0.39, 0.29) is 12.4 Å². The number of hydrogen-bond donors (Lipinski definition) is 0. The summed E-state index contributed by atoms with van der Waals surface area (Å²) in [6, 6.07) is 5.09. The third-order valence-corrected chi connectivity index (χ3v) is 1.88. The minimum atomic E-state index is -4.62. The Morgan fingerprint density at radius 3 is 2.62 bits per heavy atom. The van der Waals surface area contributed by atoms with Crippen molar-refractivity contribution in [1.29, 1.82) is 0 Å². The fraction of sp³-hybridized carbons (Fsp3) is 0.222. The van der Waals surface area contributed by atoms with Gasteiger partial charge in [-0.3, -0.25) is 0 Å². The third kappa shape index (κ3) is 2.07. The number of ether oxygens (including phenoxy) is 1. The summed E-state index contributed by atoms with van der Waals surface area (Å²) >= 11 is 0. The van der Waals surface area contributed by atoms with E-state index in [2.05, 4.69) is 9.84 Å². The van der Waals surface area contributed by atoms with Crippen LogP contribution >= 0.6 is 0 Å². The number of anilines is 1. The van der Waals surface area contributed by atoms with Gasteiger partial charge in [0.1, 0.15) is 5.82 Å². The standard InChI is InChI=1S/C9H6F4N2O/c10-6-2-1-3-7(4-6)15-5-16-8(14-15)9(11,12)13/h1-4H,5H2. The van der Waals surface area contributed by atoms with Crippen molar-refractivity contribution >= 4 is 11.6 Å². The van der Waals surface area contributed by atoms with E-state index in [0.29, 0.717) is 0 Å². The Morgan fingerprint density at radius 1 is 1.31 bits per heavy atom. The van der Waals surface area contributed by atoms with Gasteiger partial charge >= 0.3 is 12.1 Å². The predicted molar refractivity (Wildman–Crippen MR) is 48.3 cm³/mol. The summed E-state index contributed by atoms with van der Waals surface area (Å²) in [6.45, 7) is -0.377. The first-order valence-electron chi connectivity index (χ1n) is 4.28. The lowest BCUT2D eigenvalue weighted by molar-refractivity contribution is -0.0752. The van der Waals surface area contributed by atoms with Crippen LogP contribution in [0.4, 0.5) is 23.2 Å². The van der Waals surface area contributed by atoms with Crippen LogP contribution in [0.5, 0.6) is 0 Å². The molecule has 1 aromatic carbocycles. The van der Waals surface area contributed by atoms with Crippen molar-refractivity contribution in [3.8, 4) is 0 Å². The maximum Gasteiger partial charge on any atom is 0.470 e. The van der Waals surface area contributed by atoms with Gasteiger partial charge in [-0.1, -0.05) is 6.07 Å². The molecule has 16 heavy (non-hydrogen) atoms. The van der Waals surface area contributed by atoms with Crippen LogP contribution in [0, 0.1) is 5.82 Å². The van der Waals surface area contributed by atoms with Crippen molar-refractivity contribution in [2.24, 2.45) is 5.10 Å². The molecule has 1 aliphatic heterocycles. The van der Waals surface area contributed by atoms with Crippen LogP contribution in [0.2, 0.25) is 0 Å². The summed E-state index contributed by atoms with van der Waals surface area (Å²) < 4.78 is 53.7. The van der Waals surface area contributed by atoms with Crippen molar-refractivity contribution in [1.82, 2.24) is 0 Å². The van der Waals surface area contributed by atoms with Gasteiger partial charge in [0, 0.05) is 0 Å². The molecule has 0 bridgehead atoms. The molecule has 1 aliphatic rings. The van der Waals surface area contributed by atoms with Crippen molar-refractivity contribution in [2.75, 3.05) is 11.7 Å². The molecule has 7 heteroatoms. The van der Waals surface area contributed by atoms with Crippen molar-refractivity contribution in [2.45, 2.75) is 6.18 Å². The lowest BCUT2D eigenvalue weighted by Crippen LogP contribution is -2.22. The summed E-state index contributed by atoms with van der Waals surface area (Å²) in [4.78, 5) is 0. The second-order valence-electron chi connectivity index (χ2n) is 3.06. The zero-order chi connectivity index (χ0) is 11.8. The Balaban J connectivity index is 2.23. The monoisotopic (exact) mass is 234 g/mol. The summed E-state index contributed by atoms with van der Waals surface area (Å²) in [7, 11) is 0. The van der Waals surface area contributed by atoms with Crippen LogP contribution in [0.1, 0.15) is 0 Å². The molecule has 1 heterocycles. The fourth-order valence-electron chi connectivity index (χ4n) is 1.20. The van der Waals surface area contributed by atoms with Crippen molar-refractivity contribution in [3.63, 3.8) is 0 Å². The predicted octanol–water partition coefficient (Wildman–Crippen LogP) is 2.50. The third-order valence-electron chi connectivity index (χ3n) is 1.88. The van der Waals surface area contributed by atoms with E-state index in [4.69, 9.17) is 0 Å². The molecule has 0 N–H and O–H groups in total. The largest absolute Gasteiger partial charge is 0.470 e. The Kier molecular flexibility index (Phi) is 2.45. The second kappa shape index (κ2) is 3.66. The van der Waals surface area contributed by atoms with E-state index in [0.717, 1.165) is 11.1 Å². The molecule has 0 unspecified atom stereocenters. The Morgan fingerprint density at radius 2 is 2.06 bits per heavy atom. The number of halogens is 4. The highest BCUT2D eigenvalue weighted by Crippen LogP contribution is 2.25. The number of hydrogen-bond acceptors (Lipinski definition) is 3. The maximum absolute atomic E-state index is 12.8. The minimum Gasteiger partial charge on any atom is -0.450 e. The zero-order valence-corrected chi connectivity index (χ0v) is 7.83. The van der Waals surface area contributed by atoms with Crippen LogP contribution in [0.15, 0.2) is 29.4 Å². The first-order valence-corrected chi connectivity index (χ1v) is 4.28. The van der Waals surface area contributed by atoms with Crippen molar-refractivity contribution in [3.05, 3.63) is 30.1 Å². The summed E-state index contributed by atoms with van der Waals surface area (Å²) in [5.41, 5.74) is 0.208. The van der Waals surface area contributed by atoms with E-state index < -0.39 is 17.9 Å². The molecule has 0 saturated carbocycles. The van der Waals surface area contributed by atoms with E-state index in [9.17, 15) is 17.6 Å². The molecule has 0 spiro atoms. The molecule has 3 nitrogen and oxygen atoms in total. The summed E-state index contributed by atoms with van der Waals surface area (Å²) in [6.07, 6.45) is -4.62. The SMILES string of the molecule is Fc1cccc(N2COC(C(F)(F)F)=N2)c1. The average molecular weight is 234 g/mol. The Bertz CT molecular complexity index is 430. The summed E-state index contributed by atoms with van der Waals surface area (Å²) in [5, 5.41) is 4.14. The molecule has 86 valence electrons. The highest BCUT2D eigenvalue weighted by atomic mass is 19.4. The molecule has 0 fully saturated rings. The first kappa shape index (κ1) is 10.7. The highest BCUT2D eigenvalue weighted by molar-refractivity contribution is 5.84. The van der Waals surface area contributed by atoms with Crippen molar-refractivity contribution < 1.29 is 22.3 Å². The van der Waals surface area contributed by atoms with E-state index in [1.54, 1.807) is 0 Å². The number of rotatable bonds is 1. The van der Waals surface area contributed by atoms with Crippen LogP contribution < -0.4 is 5.01 Å². The number of benzene rings is 1. The van der Waals surface area contributed by atoms with Gasteiger partial charge in [-0.15, -0.1) is 5.10 Å². The van der Waals surface area contributed by atoms with E-state index >= 15 is 0 Å². The topological polar surface area (TPSA) is 24.8 Å². The zero-order valence-electron chi connectivity index (χ0n) is 7.83. The Hall–Kier alpha value is -1.79. The van der Waals surface area contributed by atoms with Gasteiger partial charge in [0.25, 0.3) is 0 Å². The van der Waals surface area contributed by atoms with Gasteiger partial charge in [-0.25, -0.2) is 9.40 Å². The number of nitrogens with zero attached hydrogens (tertiary/aromatic N) is 2. The van der Waals surface area contributed by atoms with Crippen LogP contribution in [-0.2, 0) is 4.74 Å². The van der Waals surface area contributed by atoms with Gasteiger partial charge in [0.05, 0.1) is 5.69 Å². The van der Waals surface area contributed by atoms with E-state index in [1.807, 2.05) is 0 Å². The molecule has 0 amide bonds. The Labute approximate surface area is 87.9 Å². The molecule has 0 radical (unpaired) electrons.